The summed E-state index contributed by atoms with van der Waals surface area (Å²) in [7, 11) is 0. The van der Waals surface area contributed by atoms with E-state index in [1.54, 1.807) is 6.20 Å². The minimum Gasteiger partial charge on any atom is -0.377 e. The molecule has 1 aromatic carbocycles. The Bertz CT molecular complexity index is 615. The first-order valence-electron chi connectivity index (χ1n) is 7.45. The monoisotopic (exact) mass is 297 g/mol. The first kappa shape index (κ1) is 16.0. The van der Waals surface area contributed by atoms with Crippen molar-refractivity contribution in [3.05, 3.63) is 54.2 Å². The molecule has 0 radical (unpaired) electrons. The van der Waals surface area contributed by atoms with Crippen LogP contribution in [0.3, 0.4) is 0 Å². The lowest BCUT2D eigenvalue weighted by Crippen LogP contribution is -2.27. The minimum atomic E-state index is -0.430. The molecule has 0 saturated carbocycles. The van der Waals surface area contributed by atoms with Crippen molar-refractivity contribution >= 4 is 17.4 Å². The second-order valence-electron chi connectivity index (χ2n) is 6.41. The first-order valence-corrected chi connectivity index (χ1v) is 7.45. The molecule has 0 fully saturated rings. The molecule has 1 aromatic heterocycles. The molecular formula is C18H23N3O. The van der Waals surface area contributed by atoms with Gasteiger partial charge < -0.3 is 10.6 Å². The zero-order chi connectivity index (χ0) is 16.2. The summed E-state index contributed by atoms with van der Waals surface area (Å²) in [4.78, 5) is 16.2. The summed E-state index contributed by atoms with van der Waals surface area (Å²) in [6.07, 6.45) is 1.73. The number of carbonyl (C=O) groups excluding carboxylic acids is 1. The number of nitrogens with zero attached hydrogens (tertiary/aromatic N) is 1. The van der Waals surface area contributed by atoms with Crippen molar-refractivity contribution in [3.8, 4) is 0 Å². The van der Waals surface area contributed by atoms with Crippen LogP contribution >= 0.6 is 0 Å². The van der Waals surface area contributed by atoms with Gasteiger partial charge in [0.1, 0.15) is 5.82 Å². The summed E-state index contributed by atoms with van der Waals surface area (Å²) in [5, 5.41) is 6.21. The van der Waals surface area contributed by atoms with E-state index in [0.717, 1.165) is 5.69 Å². The van der Waals surface area contributed by atoms with Crippen LogP contribution in [0.4, 0.5) is 11.5 Å². The molecule has 22 heavy (non-hydrogen) atoms. The molecule has 1 amide bonds. The zero-order valence-corrected chi connectivity index (χ0v) is 13.6. The smallest absolute Gasteiger partial charge is 0.230 e. The molecular weight excluding hydrogens is 274 g/mol. The van der Waals surface area contributed by atoms with Gasteiger partial charge in [0.2, 0.25) is 5.91 Å². The van der Waals surface area contributed by atoms with Gasteiger partial charge in [0.25, 0.3) is 0 Å². The summed E-state index contributed by atoms with van der Waals surface area (Å²) in [5.41, 5.74) is 1.71. The van der Waals surface area contributed by atoms with Crippen molar-refractivity contribution in [2.45, 2.75) is 33.7 Å². The van der Waals surface area contributed by atoms with Gasteiger partial charge in [-0.25, -0.2) is 4.98 Å². The largest absolute Gasteiger partial charge is 0.377 e. The molecule has 0 saturated heterocycles. The maximum atomic E-state index is 11.9. The van der Waals surface area contributed by atoms with Crippen LogP contribution in [0.25, 0.3) is 0 Å². The summed E-state index contributed by atoms with van der Waals surface area (Å²) in [5.74, 6) is 0.524. The maximum Gasteiger partial charge on any atom is 0.230 e. The van der Waals surface area contributed by atoms with Crippen LogP contribution in [0.5, 0.6) is 0 Å². The number of hydrogen-bond acceptors (Lipinski definition) is 3. The zero-order valence-electron chi connectivity index (χ0n) is 13.6. The van der Waals surface area contributed by atoms with Crippen LogP contribution in [0.1, 0.15) is 39.3 Å². The molecule has 0 spiro atoms. The summed E-state index contributed by atoms with van der Waals surface area (Å²) in [6, 6.07) is 14.1. The van der Waals surface area contributed by atoms with Gasteiger partial charge in [-0.1, -0.05) is 51.1 Å². The number of aromatic nitrogens is 1. The molecule has 1 atom stereocenters. The molecule has 0 aliphatic heterocycles. The number of pyridine rings is 1. The average molecular weight is 297 g/mol. The second-order valence-corrected chi connectivity index (χ2v) is 6.41. The van der Waals surface area contributed by atoms with E-state index < -0.39 is 5.41 Å². The molecule has 0 aliphatic carbocycles. The number of rotatable bonds is 4. The average Bonchev–Trinajstić information content (AvgIpc) is 2.49. The fourth-order valence-corrected chi connectivity index (χ4v) is 1.93. The van der Waals surface area contributed by atoms with E-state index in [4.69, 9.17) is 0 Å². The Morgan fingerprint density at radius 3 is 2.32 bits per heavy atom. The third kappa shape index (κ3) is 4.32. The molecule has 1 unspecified atom stereocenters. The van der Waals surface area contributed by atoms with Crippen LogP contribution in [-0.4, -0.2) is 10.9 Å². The molecule has 4 nitrogen and oxygen atoms in total. The predicted molar refractivity (Wildman–Crippen MR) is 90.8 cm³/mol. The van der Waals surface area contributed by atoms with Gasteiger partial charge in [0.15, 0.2) is 0 Å². The number of amides is 1. The Morgan fingerprint density at radius 2 is 1.77 bits per heavy atom. The third-order valence-corrected chi connectivity index (χ3v) is 3.37. The van der Waals surface area contributed by atoms with Crippen molar-refractivity contribution < 1.29 is 4.79 Å². The van der Waals surface area contributed by atoms with Gasteiger partial charge in [-0.3, -0.25) is 4.79 Å². The highest BCUT2D eigenvalue weighted by Crippen LogP contribution is 2.20. The van der Waals surface area contributed by atoms with E-state index in [9.17, 15) is 4.79 Å². The number of hydrogen-bond donors (Lipinski definition) is 2. The van der Waals surface area contributed by atoms with E-state index in [1.165, 1.54) is 5.56 Å². The molecule has 2 rings (SSSR count). The van der Waals surface area contributed by atoms with Gasteiger partial charge in [0.05, 0.1) is 11.9 Å². The fourth-order valence-electron chi connectivity index (χ4n) is 1.93. The summed E-state index contributed by atoms with van der Waals surface area (Å²) >= 11 is 0. The lowest BCUT2D eigenvalue weighted by Gasteiger charge is -2.18. The number of anilines is 2. The number of carbonyl (C=O) groups is 1. The van der Waals surface area contributed by atoms with Crippen molar-refractivity contribution in [2.24, 2.45) is 5.41 Å². The van der Waals surface area contributed by atoms with Gasteiger partial charge in [0, 0.05) is 11.5 Å². The number of nitrogens with one attached hydrogen (secondary N) is 2. The number of benzene rings is 1. The van der Waals surface area contributed by atoms with E-state index in [1.807, 2.05) is 51.1 Å². The Morgan fingerprint density at radius 1 is 1.09 bits per heavy atom. The highest BCUT2D eigenvalue weighted by atomic mass is 16.2. The SMILES string of the molecule is CC(Nc1ccc(NC(=O)C(C)(C)C)nc1)c1ccccc1. The Balaban J connectivity index is 1.99. The van der Waals surface area contributed by atoms with Crippen molar-refractivity contribution in [2.75, 3.05) is 10.6 Å². The first-order chi connectivity index (χ1) is 10.4. The molecule has 116 valence electrons. The standard InChI is InChI=1S/C18H23N3O/c1-13(14-8-6-5-7-9-14)20-15-10-11-16(19-12-15)21-17(22)18(2,3)4/h5-13,20H,1-4H3,(H,19,21,22). The third-order valence-electron chi connectivity index (χ3n) is 3.37. The van der Waals surface area contributed by atoms with Crippen LogP contribution in [0.2, 0.25) is 0 Å². The molecule has 2 N–H and O–H groups in total. The highest BCUT2D eigenvalue weighted by molar-refractivity contribution is 5.93. The van der Waals surface area contributed by atoms with Crippen LogP contribution in [-0.2, 0) is 4.79 Å². The molecule has 0 aliphatic rings. The summed E-state index contributed by atoms with van der Waals surface area (Å²) < 4.78 is 0. The normalized spacial score (nSPS) is 12.5. The van der Waals surface area contributed by atoms with Gasteiger partial charge in [-0.15, -0.1) is 0 Å². The minimum absolute atomic E-state index is 0.0432. The molecule has 4 heteroatoms. The molecule has 0 bridgehead atoms. The van der Waals surface area contributed by atoms with Gasteiger partial charge in [-0.2, -0.15) is 0 Å². The fraction of sp³-hybridized carbons (Fsp3) is 0.333. The Labute approximate surface area is 132 Å². The Kier molecular flexibility index (Phi) is 4.81. The lowest BCUT2D eigenvalue weighted by molar-refractivity contribution is -0.123. The van der Waals surface area contributed by atoms with Gasteiger partial charge >= 0.3 is 0 Å². The molecule has 1 heterocycles. The highest BCUT2D eigenvalue weighted by Gasteiger charge is 2.21. The Hall–Kier alpha value is -2.36. The summed E-state index contributed by atoms with van der Waals surface area (Å²) in [6.45, 7) is 7.73. The van der Waals surface area contributed by atoms with E-state index in [2.05, 4.69) is 34.7 Å². The van der Waals surface area contributed by atoms with Crippen molar-refractivity contribution in [1.29, 1.82) is 0 Å². The maximum absolute atomic E-state index is 11.9. The lowest BCUT2D eigenvalue weighted by atomic mass is 9.96. The second kappa shape index (κ2) is 6.60. The van der Waals surface area contributed by atoms with E-state index in [0.29, 0.717) is 5.82 Å². The van der Waals surface area contributed by atoms with E-state index >= 15 is 0 Å². The molecule has 2 aromatic rings. The van der Waals surface area contributed by atoms with Gasteiger partial charge in [-0.05, 0) is 24.6 Å². The van der Waals surface area contributed by atoms with Crippen molar-refractivity contribution in [1.82, 2.24) is 4.98 Å². The predicted octanol–water partition coefficient (Wildman–Crippen LogP) is 4.24. The quantitative estimate of drug-likeness (QED) is 0.887. The van der Waals surface area contributed by atoms with Crippen LogP contribution in [0.15, 0.2) is 48.7 Å². The van der Waals surface area contributed by atoms with Crippen molar-refractivity contribution in [3.63, 3.8) is 0 Å². The van der Waals surface area contributed by atoms with E-state index in [-0.39, 0.29) is 11.9 Å². The van der Waals surface area contributed by atoms with Crippen LogP contribution in [0, 0.1) is 5.41 Å². The topological polar surface area (TPSA) is 54.0 Å². The van der Waals surface area contributed by atoms with Crippen LogP contribution < -0.4 is 10.6 Å².